The lowest BCUT2D eigenvalue weighted by molar-refractivity contribution is 0.0945. The van der Waals surface area contributed by atoms with Crippen molar-refractivity contribution < 1.29 is 9.90 Å². The summed E-state index contributed by atoms with van der Waals surface area (Å²) < 4.78 is 0.827. The van der Waals surface area contributed by atoms with Gasteiger partial charge < -0.3 is 10.4 Å². The largest absolute Gasteiger partial charge is 0.393 e. The molecule has 0 saturated heterocycles. The molecule has 1 aliphatic carbocycles. The van der Waals surface area contributed by atoms with Crippen LogP contribution in [0.5, 0.6) is 0 Å². The number of carbonyl (C=O) groups is 1. The average Bonchev–Trinajstić information content (AvgIpc) is 2.75. The van der Waals surface area contributed by atoms with Crippen LogP contribution in [0.2, 0.25) is 5.02 Å². The number of halogens is 2. The van der Waals surface area contributed by atoms with Gasteiger partial charge in [-0.1, -0.05) is 27.5 Å². The van der Waals surface area contributed by atoms with E-state index in [1.165, 1.54) is 0 Å². The Morgan fingerprint density at radius 2 is 2.28 bits per heavy atom. The quantitative estimate of drug-likeness (QED) is 0.894. The highest BCUT2D eigenvalue weighted by Gasteiger charge is 2.23. The van der Waals surface area contributed by atoms with Crippen molar-refractivity contribution in [3.05, 3.63) is 33.3 Å². The van der Waals surface area contributed by atoms with Crippen molar-refractivity contribution in [2.24, 2.45) is 5.92 Å². The number of amides is 1. The maximum Gasteiger partial charge on any atom is 0.252 e. The van der Waals surface area contributed by atoms with Gasteiger partial charge in [-0.25, -0.2) is 0 Å². The highest BCUT2D eigenvalue weighted by Crippen LogP contribution is 2.25. The molecule has 0 radical (unpaired) electrons. The smallest absolute Gasteiger partial charge is 0.252 e. The van der Waals surface area contributed by atoms with Gasteiger partial charge in [0.15, 0.2) is 0 Å². The number of carbonyl (C=O) groups excluding carboxylic acids is 1. The highest BCUT2D eigenvalue weighted by atomic mass is 79.9. The molecule has 98 valence electrons. The Kier molecular flexibility index (Phi) is 4.65. The Labute approximate surface area is 120 Å². The molecule has 1 aromatic carbocycles. The van der Waals surface area contributed by atoms with Gasteiger partial charge in [0, 0.05) is 11.0 Å². The summed E-state index contributed by atoms with van der Waals surface area (Å²) in [6.07, 6.45) is 2.36. The number of benzene rings is 1. The van der Waals surface area contributed by atoms with Crippen molar-refractivity contribution in [3.63, 3.8) is 0 Å². The average molecular weight is 333 g/mol. The summed E-state index contributed by atoms with van der Waals surface area (Å²) in [5.41, 5.74) is 0.476. The maximum absolute atomic E-state index is 12.0. The van der Waals surface area contributed by atoms with Crippen LogP contribution in [-0.2, 0) is 0 Å². The fourth-order valence-electron chi connectivity index (χ4n) is 2.24. The van der Waals surface area contributed by atoms with Gasteiger partial charge in [0.25, 0.3) is 5.91 Å². The molecule has 0 aliphatic heterocycles. The molecular formula is C13H15BrClNO2. The minimum Gasteiger partial charge on any atom is -0.393 e. The van der Waals surface area contributed by atoms with Crippen molar-refractivity contribution in [2.75, 3.05) is 6.54 Å². The number of rotatable bonds is 3. The highest BCUT2D eigenvalue weighted by molar-refractivity contribution is 9.10. The predicted molar refractivity (Wildman–Crippen MR) is 74.8 cm³/mol. The summed E-state index contributed by atoms with van der Waals surface area (Å²) >= 11 is 9.31. The lowest BCUT2D eigenvalue weighted by atomic mass is 10.1. The fraction of sp³-hybridized carbons (Fsp3) is 0.462. The second-order valence-corrected chi connectivity index (χ2v) is 5.99. The topological polar surface area (TPSA) is 49.3 Å². The van der Waals surface area contributed by atoms with E-state index in [0.29, 0.717) is 23.0 Å². The van der Waals surface area contributed by atoms with Gasteiger partial charge in [-0.05, 0) is 43.4 Å². The molecule has 0 aromatic heterocycles. The Hall–Kier alpha value is -0.580. The van der Waals surface area contributed by atoms with E-state index in [1.54, 1.807) is 18.2 Å². The third kappa shape index (κ3) is 3.46. The van der Waals surface area contributed by atoms with Crippen LogP contribution < -0.4 is 5.32 Å². The van der Waals surface area contributed by atoms with Crippen LogP contribution in [0.15, 0.2) is 22.7 Å². The van der Waals surface area contributed by atoms with E-state index in [-0.39, 0.29) is 12.0 Å². The van der Waals surface area contributed by atoms with Crippen molar-refractivity contribution >= 4 is 33.4 Å². The van der Waals surface area contributed by atoms with E-state index in [0.717, 1.165) is 23.7 Å². The lowest BCUT2D eigenvalue weighted by Gasteiger charge is -2.11. The van der Waals surface area contributed by atoms with E-state index in [2.05, 4.69) is 21.2 Å². The molecule has 0 spiro atoms. The Bertz CT molecular complexity index is 453. The molecule has 0 bridgehead atoms. The van der Waals surface area contributed by atoms with Crippen molar-refractivity contribution in [1.29, 1.82) is 0 Å². The molecular weight excluding hydrogens is 318 g/mol. The summed E-state index contributed by atoms with van der Waals surface area (Å²) in [6, 6.07) is 5.20. The number of hydrogen-bond donors (Lipinski definition) is 2. The van der Waals surface area contributed by atoms with Crippen LogP contribution in [0, 0.1) is 5.92 Å². The van der Waals surface area contributed by atoms with Gasteiger partial charge in [0.05, 0.1) is 16.7 Å². The summed E-state index contributed by atoms with van der Waals surface area (Å²) in [4.78, 5) is 12.0. The summed E-state index contributed by atoms with van der Waals surface area (Å²) in [5, 5.41) is 12.7. The van der Waals surface area contributed by atoms with Gasteiger partial charge >= 0.3 is 0 Å². The fourth-order valence-corrected chi connectivity index (χ4v) is 2.80. The molecule has 0 heterocycles. The van der Waals surface area contributed by atoms with Crippen LogP contribution in [0.4, 0.5) is 0 Å². The van der Waals surface area contributed by atoms with Crippen LogP contribution >= 0.6 is 27.5 Å². The van der Waals surface area contributed by atoms with Gasteiger partial charge in [0.2, 0.25) is 0 Å². The standard InChI is InChI=1S/C13H15BrClNO2/c14-9-2-4-12(15)11(6-9)13(18)16-7-8-1-3-10(17)5-8/h2,4,6,8,10,17H,1,3,5,7H2,(H,16,18). The first-order valence-corrected chi connectivity index (χ1v) is 7.14. The second kappa shape index (κ2) is 6.04. The van der Waals surface area contributed by atoms with Crippen LogP contribution in [0.3, 0.4) is 0 Å². The third-order valence-electron chi connectivity index (χ3n) is 3.24. The molecule has 3 nitrogen and oxygen atoms in total. The summed E-state index contributed by atoms with van der Waals surface area (Å²) in [7, 11) is 0. The van der Waals surface area contributed by atoms with Crippen LogP contribution in [0.25, 0.3) is 0 Å². The normalized spacial score (nSPS) is 23.1. The van der Waals surface area contributed by atoms with Gasteiger partial charge in [-0.3, -0.25) is 4.79 Å². The first-order valence-electron chi connectivity index (χ1n) is 5.97. The van der Waals surface area contributed by atoms with E-state index in [9.17, 15) is 9.90 Å². The Morgan fingerprint density at radius 3 is 2.94 bits per heavy atom. The zero-order valence-corrected chi connectivity index (χ0v) is 12.2. The van der Waals surface area contributed by atoms with E-state index in [4.69, 9.17) is 11.6 Å². The molecule has 2 atom stereocenters. The van der Waals surface area contributed by atoms with Crippen molar-refractivity contribution in [2.45, 2.75) is 25.4 Å². The monoisotopic (exact) mass is 331 g/mol. The van der Waals surface area contributed by atoms with Crippen LogP contribution in [-0.4, -0.2) is 23.7 Å². The first-order chi connectivity index (χ1) is 8.56. The van der Waals surface area contributed by atoms with E-state index < -0.39 is 0 Å². The molecule has 2 unspecified atom stereocenters. The predicted octanol–water partition coefficient (Wildman–Crippen LogP) is 2.99. The zero-order valence-electron chi connectivity index (χ0n) is 9.83. The molecule has 1 aromatic rings. The second-order valence-electron chi connectivity index (χ2n) is 4.67. The third-order valence-corrected chi connectivity index (χ3v) is 4.06. The molecule has 2 rings (SSSR count). The number of aliphatic hydroxyl groups is 1. The molecule has 2 N–H and O–H groups in total. The molecule has 1 aliphatic rings. The van der Waals surface area contributed by atoms with Gasteiger partial charge in [-0.15, -0.1) is 0 Å². The minimum absolute atomic E-state index is 0.164. The molecule has 18 heavy (non-hydrogen) atoms. The summed E-state index contributed by atoms with van der Waals surface area (Å²) in [5.74, 6) is 0.206. The Morgan fingerprint density at radius 1 is 1.50 bits per heavy atom. The van der Waals surface area contributed by atoms with Crippen LogP contribution in [0.1, 0.15) is 29.6 Å². The zero-order chi connectivity index (χ0) is 13.1. The molecule has 1 amide bonds. The minimum atomic E-state index is -0.207. The molecule has 5 heteroatoms. The van der Waals surface area contributed by atoms with Crippen molar-refractivity contribution in [3.8, 4) is 0 Å². The Balaban J connectivity index is 1.93. The number of aliphatic hydroxyl groups excluding tert-OH is 1. The lowest BCUT2D eigenvalue weighted by Crippen LogP contribution is -2.28. The van der Waals surface area contributed by atoms with E-state index >= 15 is 0 Å². The number of nitrogens with one attached hydrogen (secondary N) is 1. The SMILES string of the molecule is O=C(NCC1CCC(O)C1)c1cc(Br)ccc1Cl. The molecule has 1 saturated carbocycles. The molecule has 1 fully saturated rings. The first kappa shape index (κ1) is 13.8. The maximum atomic E-state index is 12.0. The van der Waals surface area contributed by atoms with Gasteiger partial charge in [-0.2, -0.15) is 0 Å². The van der Waals surface area contributed by atoms with Crippen molar-refractivity contribution in [1.82, 2.24) is 5.32 Å². The van der Waals surface area contributed by atoms with E-state index in [1.807, 2.05) is 0 Å². The number of hydrogen-bond acceptors (Lipinski definition) is 2. The van der Waals surface area contributed by atoms with Gasteiger partial charge in [0.1, 0.15) is 0 Å². The summed E-state index contributed by atoms with van der Waals surface area (Å²) in [6.45, 7) is 0.596.